The van der Waals surface area contributed by atoms with Gasteiger partial charge in [0.1, 0.15) is 0 Å². The second-order valence-electron chi connectivity index (χ2n) is 3.33. The number of rotatable bonds is 0. The van der Waals surface area contributed by atoms with Gasteiger partial charge in [0, 0.05) is 6.54 Å². The minimum Gasteiger partial charge on any atom is -0.391 e. The summed E-state index contributed by atoms with van der Waals surface area (Å²) in [5, 5.41) is 12.6. The molecule has 1 saturated carbocycles. The van der Waals surface area contributed by atoms with Gasteiger partial charge in [-0.3, -0.25) is 0 Å². The molecule has 1 spiro atoms. The van der Waals surface area contributed by atoms with Crippen LogP contribution in [0.1, 0.15) is 19.3 Å². The zero-order valence-corrected chi connectivity index (χ0v) is 10.7. The minimum atomic E-state index is -0.0498. The normalized spacial score (nSPS) is 31.9. The molecule has 2 nitrogen and oxygen atoms in total. The van der Waals surface area contributed by atoms with E-state index in [9.17, 15) is 5.11 Å². The van der Waals surface area contributed by atoms with Gasteiger partial charge >= 0.3 is 51.4 Å². The third-order valence-corrected chi connectivity index (χ3v) is 2.74. The molecule has 2 aliphatic rings. The molecule has 1 aliphatic heterocycles. The fraction of sp³-hybridized carbons (Fsp3) is 0.875. The van der Waals surface area contributed by atoms with Crippen molar-refractivity contribution in [2.24, 2.45) is 5.41 Å². The van der Waals surface area contributed by atoms with Gasteiger partial charge in [-0.15, -0.1) is 0 Å². The molecule has 0 aromatic carbocycles. The van der Waals surface area contributed by atoms with Gasteiger partial charge < -0.3 is 17.8 Å². The van der Waals surface area contributed by atoms with Crippen LogP contribution in [0.4, 0.5) is 0 Å². The predicted molar refractivity (Wildman–Crippen MR) is 41.6 cm³/mol. The largest absolute Gasteiger partial charge is 1.00 e. The first-order chi connectivity index (χ1) is 4.33. The fourth-order valence-electron chi connectivity index (χ4n) is 1.70. The molecule has 2 rings (SSSR count). The Hall–Kier alpha value is 1.56. The maximum atomic E-state index is 9.44. The summed E-state index contributed by atoms with van der Waals surface area (Å²) in [6.45, 7) is 1.93. The Morgan fingerprint density at radius 1 is 1.27 bits per heavy atom. The molecule has 60 valence electrons. The molecule has 11 heavy (non-hydrogen) atoms. The van der Waals surface area contributed by atoms with Gasteiger partial charge in [-0.25, -0.2) is 0 Å². The molecule has 1 saturated heterocycles. The summed E-state index contributed by atoms with van der Waals surface area (Å²) in [4.78, 5) is 0. The summed E-state index contributed by atoms with van der Waals surface area (Å²) in [5.74, 6) is 0. The van der Waals surface area contributed by atoms with Gasteiger partial charge in [0.15, 0.2) is 0 Å². The Bertz CT molecular complexity index is 125. The van der Waals surface area contributed by atoms with E-state index in [0.29, 0.717) is 5.41 Å². The van der Waals surface area contributed by atoms with E-state index in [1.807, 2.05) is 0 Å². The van der Waals surface area contributed by atoms with E-state index >= 15 is 0 Å². The molecule has 0 bridgehead atoms. The number of hydrogen-bond acceptors (Lipinski definition) is 2. The van der Waals surface area contributed by atoms with E-state index < -0.39 is 0 Å². The molecule has 1 unspecified atom stereocenters. The number of aliphatic hydroxyl groups is 1. The van der Waals surface area contributed by atoms with Crippen molar-refractivity contribution in [2.75, 3.05) is 13.1 Å². The van der Waals surface area contributed by atoms with Gasteiger partial charge in [0.05, 0.1) is 6.10 Å². The van der Waals surface area contributed by atoms with Crippen molar-refractivity contribution in [3.63, 3.8) is 0 Å². The van der Waals surface area contributed by atoms with Gasteiger partial charge in [-0.1, -0.05) is 0 Å². The summed E-state index contributed by atoms with van der Waals surface area (Å²) in [6, 6.07) is 0. The molecule has 0 radical (unpaired) electrons. The van der Waals surface area contributed by atoms with Crippen LogP contribution in [0.15, 0.2) is 0 Å². The van der Waals surface area contributed by atoms with Gasteiger partial charge in [-0.2, -0.15) is 0 Å². The number of hydrogen-bond donors (Lipinski definition) is 2. The van der Waals surface area contributed by atoms with Crippen LogP contribution >= 0.6 is 0 Å². The molecule has 1 atom stereocenters. The van der Waals surface area contributed by atoms with Crippen molar-refractivity contribution in [3.05, 3.63) is 7.43 Å². The summed E-state index contributed by atoms with van der Waals surface area (Å²) in [7, 11) is 0. The quantitative estimate of drug-likeness (QED) is 0.322. The third-order valence-electron chi connectivity index (χ3n) is 2.74. The molecule has 1 heterocycles. The molecule has 2 N–H and O–H groups in total. The number of nitrogens with one attached hydrogen (secondary N) is 1. The van der Waals surface area contributed by atoms with Crippen LogP contribution < -0.4 is 56.7 Å². The zero-order valence-electron chi connectivity index (χ0n) is 7.56. The Balaban J connectivity index is 0.000000500. The molecule has 0 aromatic heterocycles. The monoisotopic (exact) mass is 181 g/mol. The van der Waals surface area contributed by atoms with Crippen LogP contribution in [0, 0.1) is 12.8 Å². The Kier molecular flexibility index (Phi) is 5.36. The summed E-state index contributed by atoms with van der Waals surface area (Å²) >= 11 is 0. The van der Waals surface area contributed by atoms with E-state index in [1.165, 1.54) is 19.3 Å². The van der Waals surface area contributed by atoms with Crippen molar-refractivity contribution >= 4 is 0 Å². The fourth-order valence-corrected chi connectivity index (χ4v) is 1.70. The minimum absolute atomic E-state index is 0. The van der Waals surface area contributed by atoms with Crippen molar-refractivity contribution in [1.82, 2.24) is 5.32 Å². The van der Waals surface area contributed by atoms with Crippen LogP contribution in [0.5, 0.6) is 0 Å². The Labute approximate surface area is 112 Å². The van der Waals surface area contributed by atoms with Gasteiger partial charge in [0.2, 0.25) is 0 Å². The van der Waals surface area contributed by atoms with E-state index in [2.05, 4.69) is 5.32 Å². The average Bonchev–Trinajstić information content (AvgIpc) is 2.60. The SMILES string of the molecule is OC1CNCCC12CC2.[CH3-].[K+]. The first-order valence-electron chi connectivity index (χ1n) is 3.72. The second-order valence-corrected chi connectivity index (χ2v) is 3.33. The first-order valence-corrected chi connectivity index (χ1v) is 3.72. The Morgan fingerprint density at radius 3 is 2.27 bits per heavy atom. The Morgan fingerprint density at radius 2 is 1.91 bits per heavy atom. The van der Waals surface area contributed by atoms with Crippen LogP contribution in [0.3, 0.4) is 0 Å². The second kappa shape index (κ2) is 4.70. The van der Waals surface area contributed by atoms with Crippen LogP contribution in [-0.2, 0) is 0 Å². The molecular weight excluding hydrogens is 165 g/mol. The van der Waals surface area contributed by atoms with Crippen molar-refractivity contribution < 1.29 is 56.5 Å². The number of aliphatic hydroxyl groups excluding tert-OH is 1. The molecule has 0 aromatic rings. The average molecular weight is 181 g/mol. The molecule has 1 aliphatic carbocycles. The third kappa shape index (κ3) is 2.50. The maximum Gasteiger partial charge on any atom is 1.00 e. The number of piperidine rings is 1. The maximum absolute atomic E-state index is 9.44. The van der Waals surface area contributed by atoms with E-state index in [0.717, 1.165) is 13.1 Å². The predicted octanol–water partition coefficient (Wildman–Crippen LogP) is -2.42. The summed E-state index contributed by atoms with van der Waals surface area (Å²) in [6.07, 6.45) is 3.66. The van der Waals surface area contributed by atoms with E-state index in [4.69, 9.17) is 0 Å². The molecule has 3 heteroatoms. The van der Waals surface area contributed by atoms with E-state index in [1.54, 1.807) is 0 Å². The molecule has 2 fully saturated rings. The smallest absolute Gasteiger partial charge is 0.391 e. The summed E-state index contributed by atoms with van der Waals surface area (Å²) < 4.78 is 0. The van der Waals surface area contributed by atoms with Gasteiger partial charge in [0.25, 0.3) is 0 Å². The van der Waals surface area contributed by atoms with Crippen LogP contribution in [-0.4, -0.2) is 24.3 Å². The molecular formula is C8H16KNO. The van der Waals surface area contributed by atoms with Crippen LogP contribution in [0.25, 0.3) is 0 Å². The first kappa shape index (κ1) is 12.6. The van der Waals surface area contributed by atoms with Gasteiger partial charge in [-0.05, 0) is 31.2 Å². The number of β-amino-alcohol motifs (C(OH)–C–C–N with tert-alkyl or cyclic N) is 1. The topological polar surface area (TPSA) is 32.3 Å². The van der Waals surface area contributed by atoms with Crippen molar-refractivity contribution in [1.29, 1.82) is 0 Å². The van der Waals surface area contributed by atoms with E-state index in [-0.39, 0.29) is 64.9 Å². The molecule has 0 amide bonds. The standard InChI is InChI=1S/C7H13NO.CH3.K/c9-6-5-8-4-3-7(6)1-2-7;;/h6,8-9H,1-5H2;1H3;/q;-1;+1. The van der Waals surface area contributed by atoms with Crippen molar-refractivity contribution in [2.45, 2.75) is 25.4 Å². The van der Waals surface area contributed by atoms with Crippen molar-refractivity contribution in [3.8, 4) is 0 Å². The van der Waals surface area contributed by atoms with Crippen LogP contribution in [0.2, 0.25) is 0 Å². The summed E-state index contributed by atoms with van der Waals surface area (Å²) in [5.41, 5.74) is 0.380. The zero-order chi connectivity index (χ0) is 6.32.